The Morgan fingerprint density at radius 2 is 1.81 bits per heavy atom. The van der Waals surface area contributed by atoms with Crippen LogP contribution in [0.25, 0.3) is 0 Å². The number of hydrogen-bond donors (Lipinski definition) is 1. The molecule has 1 N–H and O–H groups in total. The van der Waals surface area contributed by atoms with E-state index in [1.54, 1.807) is 18.3 Å². The number of aliphatic hydroxyl groups is 1. The van der Waals surface area contributed by atoms with E-state index in [1.165, 1.54) is 43.4 Å². The number of thiophene rings is 1. The van der Waals surface area contributed by atoms with Gasteiger partial charge in [-0.1, -0.05) is 45.4 Å². The van der Waals surface area contributed by atoms with Crippen LogP contribution in [0.1, 0.15) is 92.6 Å². The van der Waals surface area contributed by atoms with Crippen molar-refractivity contribution in [1.82, 2.24) is 0 Å². The highest BCUT2D eigenvalue weighted by Crippen LogP contribution is 2.42. The number of rotatable bonds is 12. The van der Waals surface area contributed by atoms with Crippen molar-refractivity contribution in [1.29, 1.82) is 0 Å². The van der Waals surface area contributed by atoms with E-state index in [0.29, 0.717) is 11.8 Å². The first-order valence-electron chi connectivity index (χ1n) is 10.4. The van der Waals surface area contributed by atoms with Gasteiger partial charge in [0.1, 0.15) is 0 Å². The largest absolute Gasteiger partial charge is 0.393 e. The van der Waals surface area contributed by atoms with Crippen LogP contribution >= 0.6 is 22.9 Å². The molecule has 0 bridgehead atoms. The molecule has 4 atom stereocenters. The van der Waals surface area contributed by atoms with Gasteiger partial charge in [-0.15, -0.1) is 22.9 Å². The highest BCUT2D eigenvalue weighted by atomic mass is 35.5. The maximum Gasteiger partial charge on any atom is 0.169 e. The van der Waals surface area contributed by atoms with Gasteiger partial charge >= 0.3 is 0 Å². The molecule has 0 spiro atoms. The molecule has 2 nitrogen and oxygen atoms in total. The molecule has 148 valence electrons. The summed E-state index contributed by atoms with van der Waals surface area (Å²) in [7, 11) is 0. The summed E-state index contributed by atoms with van der Waals surface area (Å²) in [4.78, 5) is 13.6. The van der Waals surface area contributed by atoms with Crippen LogP contribution in [0.3, 0.4) is 0 Å². The minimum absolute atomic E-state index is 0.117. The molecule has 1 aliphatic carbocycles. The highest BCUT2D eigenvalue weighted by Gasteiger charge is 2.40. The molecule has 0 aromatic carbocycles. The van der Waals surface area contributed by atoms with Crippen LogP contribution in [0.5, 0.6) is 0 Å². The number of unbranched alkanes of at least 4 members (excludes halogenated alkanes) is 5. The number of aliphatic hydroxyl groups excluding tert-OH is 1. The summed E-state index contributed by atoms with van der Waals surface area (Å²) in [6, 6.07) is 4.02. The molecule has 1 aromatic rings. The van der Waals surface area contributed by atoms with Crippen LogP contribution in [0.15, 0.2) is 12.1 Å². The van der Waals surface area contributed by atoms with Gasteiger partial charge in [0.15, 0.2) is 5.78 Å². The topological polar surface area (TPSA) is 37.3 Å². The van der Waals surface area contributed by atoms with Crippen molar-refractivity contribution in [3.63, 3.8) is 0 Å². The summed E-state index contributed by atoms with van der Waals surface area (Å²) in [6.45, 7) is 3.87. The lowest BCUT2D eigenvalue weighted by Gasteiger charge is -2.23. The van der Waals surface area contributed by atoms with Crippen LogP contribution in [-0.2, 0) is 6.42 Å². The lowest BCUT2D eigenvalue weighted by molar-refractivity contribution is 0.102. The fourth-order valence-electron chi connectivity index (χ4n) is 4.31. The van der Waals surface area contributed by atoms with Gasteiger partial charge in [0.25, 0.3) is 0 Å². The van der Waals surface area contributed by atoms with E-state index in [2.05, 4.69) is 13.0 Å². The molecular formula is C22H35ClO2S. The minimum atomic E-state index is -0.218. The second-order valence-corrected chi connectivity index (χ2v) is 9.65. The molecule has 1 heterocycles. The number of carbonyl (C=O) groups excluding carboxylic acids is 1. The predicted molar refractivity (Wildman–Crippen MR) is 112 cm³/mol. The maximum atomic E-state index is 11.4. The average molecular weight is 399 g/mol. The first-order valence-corrected chi connectivity index (χ1v) is 11.7. The normalized spacial score (nSPS) is 25.7. The Morgan fingerprint density at radius 3 is 2.50 bits per heavy atom. The predicted octanol–water partition coefficient (Wildman–Crippen LogP) is 6.63. The second kappa shape index (κ2) is 11.5. The Morgan fingerprint density at radius 1 is 1.12 bits per heavy atom. The van der Waals surface area contributed by atoms with E-state index in [4.69, 9.17) is 11.6 Å². The van der Waals surface area contributed by atoms with E-state index in [-0.39, 0.29) is 17.3 Å². The first kappa shape index (κ1) is 21.9. The van der Waals surface area contributed by atoms with E-state index < -0.39 is 0 Å². The molecule has 1 aromatic heterocycles. The number of aryl methyl sites for hydroxylation is 1. The zero-order valence-electron chi connectivity index (χ0n) is 16.4. The van der Waals surface area contributed by atoms with E-state index in [1.807, 2.05) is 6.07 Å². The zero-order chi connectivity index (χ0) is 18.9. The monoisotopic (exact) mass is 398 g/mol. The van der Waals surface area contributed by atoms with Crippen LogP contribution < -0.4 is 0 Å². The molecular weight excluding hydrogens is 364 g/mol. The quantitative estimate of drug-likeness (QED) is 0.244. The Labute approximate surface area is 168 Å². The van der Waals surface area contributed by atoms with Gasteiger partial charge in [0, 0.05) is 10.3 Å². The highest BCUT2D eigenvalue weighted by molar-refractivity contribution is 7.14. The van der Waals surface area contributed by atoms with Crippen LogP contribution in [0, 0.1) is 11.8 Å². The van der Waals surface area contributed by atoms with Gasteiger partial charge in [0.05, 0.1) is 11.0 Å². The fraction of sp³-hybridized carbons (Fsp3) is 0.773. The fourth-order valence-corrected chi connectivity index (χ4v) is 5.75. The van der Waals surface area contributed by atoms with Crippen molar-refractivity contribution in [3.8, 4) is 0 Å². The minimum Gasteiger partial charge on any atom is -0.393 e. The van der Waals surface area contributed by atoms with Gasteiger partial charge in [-0.05, 0) is 63.0 Å². The zero-order valence-corrected chi connectivity index (χ0v) is 18.0. The Balaban J connectivity index is 1.74. The molecule has 0 amide bonds. The standard InChI is InChI=1S/C22H35ClO2S/c1-3-4-5-6-7-8-11-19-18(20(23)15-21(19)25)12-9-10-17-13-14-22(26-17)16(2)24/h13-14,18-21,25H,3-12,15H2,1-2H3/t18?,19-,20-,21-/m1/s1. The summed E-state index contributed by atoms with van der Waals surface area (Å²) in [5.41, 5.74) is 0. The van der Waals surface area contributed by atoms with Crippen molar-refractivity contribution in [3.05, 3.63) is 21.9 Å². The smallest absolute Gasteiger partial charge is 0.169 e. The Hall–Kier alpha value is -0.380. The molecule has 0 aliphatic heterocycles. The number of Topliss-reactive ketones (excluding diaryl/α,β-unsaturated/α-hetero) is 1. The van der Waals surface area contributed by atoms with Crippen molar-refractivity contribution < 1.29 is 9.90 Å². The number of carbonyl (C=O) groups is 1. The number of halogens is 1. The summed E-state index contributed by atoms with van der Waals surface area (Å²) >= 11 is 8.19. The van der Waals surface area contributed by atoms with Gasteiger partial charge < -0.3 is 5.11 Å². The number of ketones is 1. The third-order valence-corrected chi connectivity index (χ3v) is 7.58. The Kier molecular flexibility index (Phi) is 9.66. The summed E-state index contributed by atoms with van der Waals surface area (Å²) in [5.74, 6) is 0.967. The summed E-state index contributed by atoms with van der Waals surface area (Å²) in [5, 5.41) is 10.5. The third kappa shape index (κ3) is 6.65. The summed E-state index contributed by atoms with van der Waals surface area (Å²) in [6.07, 6.45) is 12.6. The van der Waals surface area contributed by atoms with Crippen molar-refractivity contribution >= 4 is 28.7 Å². The van der Waals surface area contributed by atoms with Crippen LogP contribution in [0.2, 0.25) is 0 Å². The molecule has 4 heteroatoms. The molecule has 1 saturated carbocycles. The molecule has 2 rings (SSSR count). The average Bonchev–Trinajstić information content (AvgIpc) is 3.17. The van der Waals surface area contributed by atoms with Crippen LogP contribution in [0.4, 0.5) is 0 Å². The van der Waals surface area contributed by atoms with Crippen molar-refractivity contribution in [2.75, 3.05) is 0 Å². The van der Waals surface area contributed by atoms with Crippen molar-refractivity contribution in [2.24, 2.45) is 11.8 Å². The summed E-state index contributed by atoms with van der Waals surface area (Å²) < 4.78 is 0. The first-order chi connectivity index (χ1) is 12.5. The van der Waals surface area contributed by atoms with Crippen LogP contribution in [-0.4, -0.2) is 22.4 Å². The lowest BCUT2D eigenvalue weighted by atomic mass is 9.85. The van der Waals surface area contributed by atoms with E-state index in [0.717, 1.165) is 37.0 Å². The molecule has 1 aliphatic rings. The van der Waals surface area contributed by atoms with E-state index >= 15 is 0 Å². The number of alkyl halides is 1. The van der Waals surface area contributed by atoms with Gasteiger partial charge in [-0.3, -0.25) is 4.79 Å². The van der Waals surface area contributed by atoms with Gasteiger partial charge in [-0.25, -0.2) is 0 Å². The molecule has 1 fully saturated rings. The molecule has 1 unspecified atom stereocenters. The van der Waals surface area contributed by atoms with Gasteiger partial charge in [0.2, 0.25) is 0 Å². The van der Waals surface area contributed by atoms with Crippen molar-refractivity contribution in [2.45, 2.75) is 96.0 Å². The number of hydrogen-bond acceptors (Lipinski definition) is 3. The van der Waals surface area contributed by atoms with E-state index in [9.17, 15) is 9.90 Å². The molecule has 0 saturated heterocycles. The third-order valence-electron chi connectivity index (χ3n) is 5.84. The Bertz CT molecular complexity index is 542. The SMILES string of the molecule is CCCCCCCC[C@@H]1C(CCCc2ccc(C(C)=O)s2)[C@H](Cl)C[C@H]1O. The lowest BCUT2D eigenvalue weighted by Crippen LogP contribution is -2.21. The molecule has 0 radical (unpaired) electrons. The maximum absolute atomic E-state index is 11.4. The van der Waals surface area contributed by atoms with Gasteiger partial charge in [-0.2, -0.15) is 0 Å². The molecule has 26 heavy (non-hydrogen) atoms. The second-order valence-electron chi connectivity index (χ2n) is 7.92.